The van der Waals surface area contributed by atoms with Crippen LogP contribution in [0, 0.1) is 23.3 Å². The minimum Gasteiger partial charge on any atom is -0.491 e. The molecule has 0 saturated carbocycles. The van der Waals surface area contributed by atoms with E-state index in [1.54, 1.807) is 138 Å². The first-order valence-electron chi connectivity index (χ1n) is 30.0. The van der Waals surface area contributed by atoms with E-state index < -0.39 is 28.7 Å². The normalized spacial score (nSPS) is 12.2. The van der Waals surface area contributed by atoms with Crippen molar-refractivity contribution in [1.82, 2.24) is 19.9 Å². The summed E-state index contributed by atoms with van der Waals surface area (Å²) in [5, 5.41) is 15.0. The zero-order valence-electron chi connectivity index (χ0n) is 53.3. The van der Waals surface area contributed by atoms with E-state index in [9.17, 15) is 23.1 Å². The van der Waals surface area contributed by atoms with Crippen LogP contribution in [0.15, 0.2) is 189 Å². The molecule has 1 aliphatic rings. The van der Waals surface area contributed by atoms with Crippen molar-refractivity contribution in [3.63, 3.8) is 0 Å². The number of ether oxygens (including phenoxy) is 8. The van der Waals surface area contributed by atoms with Crippen molar-refractivity contribution in [3.8, 4) is 51.7 Å². The number of allylic oxidation sites excluding steroid dienone is 2. The van der Waals surface area contributed by atoms with Gasteiger partial charge in [-0.1, -0.05) is 18.2 Å². The summed E-state index contributed by atoms with van der Waals surface area (Å²) < 4.78 is 102. The third-order valence-corrected chi connectivity index (χ3v) is 14.8. The minimum absolute atomic E-state index is 0.0193. The van der Waals surface area contributed by atoms with Crippen LogP contribution in [0.25, 0.3) is 38.3 Å². The van der Waals surface area contributed by atoms with Crippen LogP contribution >= 0.6 is 0 Å². The van der Waals surface area contributed by atoms with Gasteiger partial charge in [-0.25, -0.2) is 22.5 Å². The number of rotatable bonds is 20. The Bertz CT molecular complexity index is 4620. The topological polar surface area (TPSA) is 227 Å². The maximum atomic E-state index is 15.3. The summed E-state index contributed by atoms with van der Waals surface area (Å²) in [6, 6.07) is 41.8. The van der Waals surface area contributed by atoms with Crippen LogP contribution in [0.4, 0.5) is 40.4 Å². The zero-order valence-corrected chi connectivity index (χ0v) is 53.3. The molecule has 4 heterocycles. The molecule has 4 aromatic heterocycles. The average molecular weight is 1290 g/mol. The van der Waals surface area contributed by atoms with Gasteiger partial charge in [-0.15, -0.1) is 0 Å². The largest absolute Gasteiger partial charge is 0.491 e. The lowest BCUT2D eigenvalue weighted by atomic mass is 9.87. The number of ketones is 1. The summed E-state index contributed by atoms with van der Waals surface area (Å²) in [5.41, 5.74) is 14.6. The van der Waals surface area contributed by atoms with Crippen LogP contribution in [0.5, 0.6) is 51.7 Å². The van der Waals surface area contributed by atoms with Crippen LogP contribution in [0.3, 0.4) is 0 Å². The molecule has 0 bridgehead atoms. The molecule has 1 aliphatic carbocycles. The number of nitrogen functional groups attached to an aromatic ring is 2. The molecule has 7 aromatic carbocycles. The van der Waals surface area contributed by atoms with Gasteiger partial charge in [0, 0.05) is 114 Å². The fourth-order valence-corrected chi connectivity index (χ4v) is 9.42. The van der Waals surface area contributed by atoms with Gasteiger partial charge in [0.05, 0.1) is 38.9 Å². The summed E-state index contributed by atoms with van der Waals surface area (Å²) in [4.78, 5) is 30.9. The van der Waals surface area contributed by atoms with Crippen LogP contribution in [0.2, 0.25) is 0 Å². The number of benzene rings is 7. The average Bonchev–Trinajstić information content (AvgIpc) is 0.795. The summed E-state index contributed by atoms with van der Waals surface area (Å²) >= 11 is 0. The Kier molecular flexibility index (Phi) is 20.4. The summed E-state index contributed by atoms with van der Waals surface area (Å²) in [5.74, 6) is 1.53. The van der Waals surface area contributed by atoms with E-state index in [2.05, 4.69) is 25.3 Å². The molecule has 488 valence electrons. The number of fused-ring (bicyclic) bond motifs is 4. The van der Waals surface area contributed by atoms with E-state index in [1.807, 2.05) is 58.0 Å². The first-order chi connectivity index (χ1) is 45.4. The molecule has 0 fully saturated rings. The highest BCUT2D eigenvalue weighted by molar-refractivity contribution is 6.32. The number of nitrogens with one attached hydrogen (secondary N) is 1. The van der Waals surface area contributed by atoms with Gasteiger partial charge in [0.25, 0.3) is 0 Å². The lowest BCUT2D eigenvalue weighted by Crippen LogP contribution is -2.30. The number of hydrogen-bond acceptors (Lipinski definition) is 17. The molecule has 11 aromatic rings. The van der Waals surface area contributed by atoms with Crippen molar-refractivity contribution in [2.24, 2.45) is 0 Å². The highest BCUT2D eigenvalue weighted by Gasteiger charge is 2.27. The van der Waals surface area contributed by atoms with Gasteiger partial charge in [-0.2, -0.15) is 0 Å². The molecule has 0 unspecified atom stereocenters. The lowest BCUT2D eigenvalue weighted by molar-refractivity contribution is -0.0147. The Balaban J connectivity index is 0.000000166. The molecule has 6 N–H and O–H groups in total. The Morgan fingerprint density at radius 1 is 0.484 bits per heavy atom. The van der Waals surface area contributed by atoms with E-state index in [0.29, 0.717) is 121 Å². The van der Waals surface area contributed by atoms with Gasteiger partial charge in [-0.05, 0) is 168 Å². The summed E-state index contributed by atoms with van der Waals surface area (Å²) in [6.07, 6.45) is 8.70. The van der Waals surface area contributed by atoms with E-state index in [1.165, 1.54) is 48.5 Å². The number of aliphatic hydroxyl groups is 1. The minimum atomic E-state index is -0.931. The molecule has 0 saturated heterocycles. The third kappa shape index (κ3) is 17.2. The fourth-order valence-electron chi connectivity index (χ4n) is 9.42. The van der Waals surface area contributed by atoms with Crippen LogP contribution in [0.1, 0.15) is 63.0 Å². The Hall–Kier alpha value is -10.9. The highest BCUT2D eigenvalue weighted by Crippen LogP contribution is 2.38. The molecule has 12 rings (SSSR count). The van der Waals surface area contributed by atoms with Crippen LogP contribution < -0.4 is 45.2 Å². The van der Waals surface area contributed by atoms with Gasteiger partial charge in [0.2, 0.25) is 0 Å². The number of anilines is 4. The lowest BCUT2D eigenvalue weighted by Gasteiger charge is -2.23. The first kappa shape index (κ1) is 67.0. The maximum Gasteiger partial charge on any atom is 0.197 e. The van der Waals surface area contributed by atoms with E-state index in [4.69, 9.17) is 49.4 Å². The van der Waals surface area contributed by atoms with Gasteiger partial charge >= 0.3 is 0 Å². The van der Waals surface area contributed by atoms with Gasteiger partial charge in [0.1, 0.15) is 66.0 Å². The summed E-state index contributed by atoms with van der Waals surface area (Å²) in [7, 11) is 3.28. The standard InChI is InChI=1S/C35H29F2N3O4.C20H21FN2O3.C19H19FN2O3/c1-35(2,42-3)20-43-25-10-12-27-29(19-25)38-17-15-30(27)44-31-13-9-24(18-28(31)37)40-34-32-22(14-16-39-34)6-11-26(33(32)41)21-4-7-23(36)8-5-21;1-20(2,24-3)12-25-14-5-6-15-17(11-14)23-9-8-18(15)26-19-7-4-13(22)10-16(19)21;1-19(2,23)11-24-13-4-5-14-16(10-13)22-8-7-17(14)25-18-6-3-12(21)9-15(18)20/h4-5,7-19H,6,20H2,1-3H3,(H,39,40);4-11H,12,22H2,1-3H3;3-10,23H,11,21H2,1-2H3. The quantitative estimate of drug-likeness (QED) is 0.0411. The second-order valence-electron chi connectivity index (χ2n) is 23.9. The maximum absolute atomic E-state index is 15.3. The number of nitrogens with zero attached hydrogens (tertiary/aromatic N) is 4. The SMILES string of the molecule is CC(C)(O)COc1ccc2c(Oc3ccc(N)cc3F)ccnc2c1.COC(C)(C)COc1ccc2c(Oc3ccc(N)cc3F)ccnc2c1.COC(C)(C)COc1ccc2c(Oc3ccc(Nc4nccc5c4C(=O)C(c4ccc(F)cc4)=CC5)cc3F)ccnc2c1. The Morgan fingerprint density at radius 2 is 0.905 bits per heavy atom. The summed E-state index contributed by atoms with van der Waals surface area (Å²) in [6.45, 7) is 12.0. The molecule has 0 radical (unpaired) electrons. The highest BCUT2D eigenvalue weighted by atomic mass is 19.1. The molecular formula is C74H69F4N7O10. The van der Waals surface area contributed by atoms with Crippen molar-refractivity contribution < 1.29 is 65.4 Å². The van der Waals surface area contributed by atoms with Crippen molar-refractivity contribution in [1.29, 1.82) is 0 Å². The van der Waals surface area contributed by atoms with Crippen molar-refractivity contribution in [2.75, 3.05) is 50.8 Å². The molecule has 0 spiro atoms. The van der Waals surface area contributed by atoms with E-state index in [-0.39, 0.29) is 41.1 Å². The monoisotopic (exact) mass is 1290 g/mol. The second-order valence-corrected chi connectivity index (χ2v) is 23.9. The first-order valence-corrected chi connectivity index (χ1v) is 30.0. The number of aromatic nitrogens is 4. The number of pyridine rings is 4. The van der Waals surface area contributed by atoms with E-state index >= 15 is 4.39 Å². The van der Waals surface area contributed by atoms with Crippen LogP contribution in [-0.4, -0.2) is 81.7 Å². The molecule has 17 nitrogen and oxygen atoms in total. The van der Waals surface area contributed by atoms with E-state index in [0.717, 1.165) is 10.9 Å². The molecule has 95 heavy (non-hydrogen) atoms. The van der Waals surface area contributed by atoms with Gasteiger partial charge in [-0.3, -0.25) is 19.7 Å². The number of nitrogens with two attached hydrogens (primary N) is 2. The number of Topliss-reactive ketones (excluding diaryl/α,β-unsaturated/α-hetero) is 1. The predicted octanol–water partition coefficient (Wildman–Crippen LogP) is 16.5. The molecular weight excluding hydrogens is 1220 g/mol. The van der Waals surface area contributed by atoms with Gasteiger partial charge < -0.3 is 59.8 Å². The number of hydrogen-bond donors (Lipinski definition) is 4. The van der Waals surface area contributed by atoms with Crippen LogP contribution in [-0.2, 0) is 15.9 Å². The van der Waals surface area contributed by atoms with Gasteiger partial charge in [0.15, 0.2) is 40.5 Å². The molecule has 0 amide bonds. The number of carbonyl (C=O) groups is 1. The molecule has 21 heteroatoms. The van der Waals surface area contributed by atoms with Crippen molar-refractivity contribution in [2.45, 2.75) is 64.8 Å². The Morgan fingerprint density at radius 3 is 1.33 bits per heavy atom. The number of carbonyl (C=O) groups excluding carboxylic acids is 1. The molecule has 0 atom stereocenters. The third-order valence-electron chi connectivity index (χ3n) is 14.8. The predicted molar refractivity (Wildman–Crippen MR) is 358 cm³/mol. The fraction of sp³-hybridized carbons (Fsp3) is 0.203. The smallest absolute Gasteiger partial charge is 0.197 e. The van der Waals surface area contributed by atoms with Crippen molar-refractivity contribution >= 4 is 66.9 Å². The molecule has 0 aliphatic heterocycles. The Labute approximate surface area is 545 Å². The number of methoxy groups -OCH3 is 2. The van der Waals surface area contributed by atoms with Crippen molar-refractivity contribution in [3.05, 3.63) is 229 Å². The zero-order chi connectivity index (χ0) is 67.6. The second kappa shape index (κ2) is 29.0. The number of halogens is 4.